The van der Waals surface area contributed by atoms with E-state index in [4.69, 9.17) is 4.74 Å². The predicted octanol–water partition coefficient (Wildman–Crippen LogP) is 3.29. The Balaban J connectivity index is 2.13. The molecule has 100 valence electrons. The number of rotatable bonds is 5. The van der Waals surface area contributed by atoms with Gasteiger partial charge in [-0.1, -0.05) is 18.7 Å². The summed E-state index contributed by atoms with van der Waals surface area (Å²) in [7, 11) is 3.65. The third-order valence-electron chi connectivity index (χ3n) is 2.67. The smallest absolute Gasteiger partial charge is 0.168 e. The topological polar surface area (TPSA) is 39.4 Å². The maximum atomic E-state index is 5.11. The molecule has 0 unspecified atom stereocenters. The molecule has 1 heterocycles. The highest BCUT2D eigenvalue weighted by molar-refractivity contribution is 7.99. The van der Waals surface area contributed by atoms with Crippen molar-refractivity contribution in [3.05, 3.63) is 36.2 Å². The lowest BCUT2D eigenvalue weighted by molar-refractivity contribution is 0.415. The molecule has 4 nitrogen and oxygen atoms in total. The normalized spacial score (nSPS) is 11.1. The molecule has 0 spiro atoms. The number of imidazole rings is 1. The lowest BCUT2D eigenvalue weighted by atomic mass is 10.3. The van der Waals surface area contributed by atoms with E-state index >= 15 is 0 Å². The molecule has 0 fully saturated rings. The number of hydrogen-bond donors (Lipinski definition) is 0. The minimum atomic E-state index is 0.834. The number of benzene rings is 1. The summed E-state index contributed by atoms with van der Waals surface area (Å²) in [6.07, 6.45) is 3.67. The van der Waals surface area contributed by atoms with E-state index < -0.39 is 0 Å². The van der Waals surface area contributed by atoms with Gasteiger partial charge in [0.15, 0.2) is 5.16 Å². The average molecular weight is 275 g/mol. The molecule has 0 saturated heterocycles. The largest absolute Gasteiger partial charge is 0.497 e. The first-order chi connectivity index (χ1) is 9.24. The van der Waals surface area contributed by atoms with Crippen molar-refractivity contribution in [2.75, 3.05) is 12.9 Å². The number of hydrogen-bond acceptors (Lipinski definition) is 4. The zero-order valence-electron chi connectivity index (χ0n) is 11.3. The van der Waals surface area contributed by atoms with E-state index in [0.717, 1.165) is 28.0 Å². The third-order valence-corrected chi connectivity index (χ3v) is 3.60. The molecule has 0 saturated carbocycles. The Morgan fingerprint density at radius 3 is 2.74 bits per heavy atom. The number of aliphatic imine (C=N–C) groups is 1. The standard InChI is InChI=1S/C14H17N3OS/c1-4-19-14-16-10-12(17(14)2)9-15-11-5-7-13(18-3)8-6-11/h5-10H,4H2,1-3H3. The first-order valence-corrected chi connectivity index (χ1v) is 7.05. The van der Waals surface area contributed by atoms with Gasteiger partial charge in [0.05, 0.1) is 30.9 Å². The van der Waals surface area contributed by atoms with E-state index in [1.165, 1.54) is 0 Å². The van der Waals surface area contributed by atoms with E-state index in [9.17, 15) is 0 Å². The number of nitrogens with zero attached hydrogens (tertiary/aromatic N) is 3. The summed E-state index contributed by atoms with van der Waals surface area (Å²) >= 11 is 1.72. The van der Waals surface area contributed by atoms with E-state index in [0.29, 0.717) is 0 Å². The summed E-state index contributed by atoms with van der Waals surface area (Å²) in [6.45, 7) is 2.12. The highest BCUT2D eigenvalue weighted by Gasteiger charge is 2.03. The van der Waals surface area contributed by atoms with Crippen LogP contribution < -0.4 is 4.74 Å². The van der Waals surface area contributed by atoms with Gasteiger partial charge < -0.3 is 9.30 Å². The molecule has 0 N–H and O–H groups in total. The molecule has 0 atom stereocenters. The summed E-state index contributed by atoms with van der Waals surface area (Å²) in [4.78, 5) is 8.80. The summed E-state index contributed by atoms with van der Waals surface area (Å²) in [5, 5.41) is 1.01. The van der Waals surface area contributed by atoms with Crippen LogP contribution in [0.4, 0.5) is 5.69 Å². The summed E-state index contributed by atoms with van der Waals surface area (Å²) < 4.78 is 7.16. The molecule has 5 heteroatoms. The first kappa shape index (κ1) is 13.7. The number of methoxy groups -OCH3 is 1. The van der Waals surface area contributed by atoms with Gasteiger partial charge in [0.1, 0.15) is 5.75 Å². The minimum absolute atomic E-state index is 0.834. The quantitative estimate of drug-likeness (QED) is 0.621. The van der Waals surface area contributed by atoms with Crippen LogP contribution in [-0.2, 0) is 7.05 Å². The molecule has 19 heavy (non-hydrogen) atoms. The third kappa shape index (κ3) is 3.38. The molecule has 2 rings (SSSR count). The molecule has 0 radical (unpaired) electrons. The van der Waals surface area contributed by atoms with Gasteiger partial charge in [0.2, 0.25) is 0 Å². The Hall–Kier alpha value is -1.75. The van der Waals surface area contributed by atoms with Crippen LogP contribution in [0.2, 0.25) is 0 Å². The van der Waals surface area contributed by atoms with Crippen molar-refractivity contribution in [1.82, 2.24) is 9.55 Å². The Kier molecular flexibility index (Phi) is 4.63. The van der Waals surface area contributed by atoms with Gasteiger partial charge in [-0.3, -0.25) is 4.99 Å². The number of aromatic nitrogens is 2. The van der Waals surface area contributed by atoms with Gasteiger partial charge in [-0.2, -0.15) is 0 Å². The molecular weight excluding hydrogens is 258 g/mol. The molecule has 1 aromatic carbocycles. The fourth-order valence-corrected chi connectivity index (χ4v) is 2.28. The second-order valence-corrected chi connectivity index (χ2v) is 5.15. The van der Waals surface area contributed by atoms with E-state index in [1.807, 2.05) is 48.3 Å². The van der Waals surface area contributed by atoms with Gasteiger partial charge in [0, 0.05) is 7.05 Å². The van der Waals surface area contributed by atoms with Gasteiger partial charge >= 0.3 is 0 Å². The van der Waals surface area contributed by atoms with Crippen LogP contribution in [0.5, 0.6) is 5.75 Å². The number of ether oxygens (including phenoxy) is 1. The van der Waals surface area contributed by atoms with Gasteiger partial charge in [-0.05, 0) is 30.0 Å². The second-order valence-electron chi connectivity index (χ2n) is 3.91. The zero-order chi connectivity index (χ0) is 13.7. The van der Waals surface area contributed by atoms with Crippen LogP contribution in [0.25, 0.3) is 0 Å². The second kappa shape index (κ2) is 6.43. The monoisotopic (exact) mass is 275 g/mol. The van der Waals surface area contributed by atoms with Crippen molar-refractivity contribution >= 4 is 23.7 Å². The lowest BCUT2D eigenvalue weighted by Crippen LogP contribution is -1.96. The van der Waals surface area contributed by atoms with Crippen molar-refractivity contribution in [3.8, 4) is 5.75 Å². The van der Waals surface area contributed by atoms with Crippen LogP contribution in [0.15, 0.2) is 40.6 Å². The van der Waals surface area contributed by atoms with Crippen LogP contribution >= 0.6 is 11.8 Å². The Morgan fingerprint density at radius 1 is 1.37 bits per heavy atom. The Bertz CT molecular complexity index is 561. The summed E-state index contributed by atoms with van der Waals surface area (Å²) in [5.74, 6) is 1.85. The number of thioether (sulfide) groups is 1. The summed E-state index contributed by atoms with van der Waals surface area (Å²) in [6, 6.07) is 7.64. The van der Waals surface area contributed by atoms with Gasteiger partial charge in [0.25, 0.3) is 0 Å². The van der Waals surface area contributed by atoms with Crippen molar-refractivity contribution in [3.63, 3.8) is 0 Å². The highest BCUT2D eigenvalue weighted by Crippen LogP contribution is 2.19. The SMILES string of the molecule is CCSc1ncc(C=Nc2ccc(OC)cc2)n1C. The molecule has 2 aromatic rings. The zero-order valence-corrected chi connectivity index (χ0v) is 12.1. The van der Waals surface area contributed by atoms with Crippen LogP contribution in [0.1, 0.15) is 12.6 Å². The Labute approximate surface area is 117 Å². The minimum Gasteiger partial charge on any atom is -0.497 e. The van der Waals surface area contributed by atoms with Crippen LogP contribution in [-0.4, -0.2) is 28.6 Å². The van der Waals surface area contributed by atoms with Crippen LogP contribution in [0.3, 0.4) is 0 Å². The molecule has 0 aliphatic heterocycles. The molecule has 1 aromatic heterocycles. The van der Waals surface area contributed by atoms with Crippen molar-refractivity contribution in [1.29, 1.82) is 0 Å². The fraction of sp³-hybridized carbons (Fsp3) is 0.286. The summed E-state index contributed by atoms with van der Waals surface area (Å²) in [5.41, 5.74) is 1.89. The fourth-order valence-electron chi connectivity index (χ4n) is 1.60. The van der Waals surface area contributed by atoms with E-state index in [2.05, 4.69) is 16.9 Å². The van der Waals surface area contributed by atoms with Crippen molar-refractivity contribution in [2.24, 2.45) is 12.0 Å². The maximum absolute atomic E-state index is 5.11. The molecular formula is C14H17N3OS. The van der Waals surface area contributed by atoms with Gasteiger partial charge in [-0.25, -0.2) is 4.98 Å². The Morgan fingerprint density at radius 2 is 2.11 bits per heavy atom. The maximum Gasteiger partial charge on any atom is 0.168 e. The van der Waals surface area contributed by atoms with Crippen molar-refractivity contribution < 1.29 is 4.74 Å². The highest BCUT2D eigenvalue weighted by atomic mass is 32.2. The van der Waals surface area contributed by atoms with E-state index in [-0.39, 0.29) is 0 Å². The van der Waals surface area contributed by atoms with Gasteiger partial charge in [-0.15, -0.1) is 0 Å². The molecule has 0 amide bonds. The van der Waals surface area contributed by atoms with E-state index in [1.54, 1.807) is 18.9 Å². The average Bonchev–Trinajstić information content (AvgIpc) is 2.79. The molecule has 0 aliphatic carbocycles. The first-order valence-electron chi connectivity index (χ1n) is 6.07. The lowest BCUT2D eigenvalue weighted by Gasteiger charge is -2.01. The molecule has 0 bridgehead atoms. The molecule has 0 aliphatic rings. The van der Waals surface area contributed by atoms with Crippen LogP contribution in [0, 0.1) is 0 Å². The van der Waals surface area contributed by atoms with Crippen molar-refractivity contribution in [2.45, 2.75) is 12.1 Å². The predicted molar refractivity (Wildman–Crippen MR) is 79.9 cm³/mol.